The third-order valence-electron chi connectivity index (χ3n) is 6.94. The van der Waals surface area contributed by atoms with Crippen LogP contribution < -0.4 is 5.32 Å². The molecule has 1 aromatic carbocycles. The SMILES string of the molecule is CC(=O)c1ccccc1-c1nc(C(=O)N[C@@H]2C[C@@H]3C[C@H]([C@H]2C)C3(C)C)cs1. The largest absolute Gasteiger partial charge is 0.348 e. The molecular formula is C22H26N2O2S. The third kappa shape index (κ3) is 3.02. The second-order valence-corrected chi connectivity index (χ2v) is 9.53. The van der Waals surface area contributed by atoms with E-state index in [0.29, 0.717) is 39.4 Å². The Kier molecular flexibility index (Phi) is 4.46. The van der Waals surface area contributed by atoms with Gasteiger partial charge in [0.2, 0.25) is 0 Å². The number of thiazole rings is 1. The van der Waals surface area contributed by atoms with Gasteiger partial charge in [0, 0.05) is 22.5 Å². The fourth-order valence-electron chi connectivity index (χ4n) is 5.06. The van der Waals surface area contributed by atoms with Crippen molar-refractivity contribution in [1.82, 2.24) is 10.3 Å². The van der Waals surface area contributed by atoms with Gasteiger partial charge < -0.3 is 5.32 Å². The number of benzene rings is 1. The van der Waals surface area contributed by atoms with Crippen molar-refractivity contribution in [1.29, 1.82) is 0 Å². The van der Waals surface area contributed by atoms with Crippen LogP contribution in [0.25, 0.3) is 10.6 Å². The molecule has 142 valence electrons. The third-order valence-corrected chi connectivity index (χ3v) is 7.82. The number of nitrogens with one attached hydrogen (secondary N) is 1. The monoisotopic (exact) mass is 382 g/mol. The highest BCUT2D eigenvalue weighted by atomic mass is 32.1. The van der Waals surface area contributed by atoms with Crippen LogP contribution in [0.1, 0.15) is 61.4 Å². The molecule has 0 radical (unpaired) electrons. The highest BCUT2D eigenvalue weighted by molar-refractivity contribution is 7.13. The van der Waals surface area contributed by atoms with E-state index in [-0.39, 0.29) is 17.7 Å². The molecule has 27 heavy (non-hydrogen) atoms. The van der Waals surface area contributed by atoms with E-state index in [4.69, 9.17) is 0 Å². The van der Waals surface area contributed by atoms with Gasteiger partial charge in [0.1, 0.15) is 10.7 Å². The summed E-state index contributed by atoms with van der Waals surface area (Å²) in [5.41, 5.74) is 2.29. The molecule has 1 heterocycles. The minimum atomic E-state index is -0.103. The van der Waals surface area contributed by atoms with Crippen LogP contribution in [0.5, 0.6) is 0 Å². The second kappa shape index (κ2) is 6.55. The number of ketones is 1. The number of hydrogen-bond donors (Lipinski definition) is 1. The molecule has 3 aliphatic carbocycles. The molecule has 1 aromatic heterocycles. The zero-order chi connectivity index (χ0) is 19.3. The van der Waals surface area contributed by atoms with Gasteiger partial charge in [0.25, 0.3) is 5.91 Å². The highest BCUT2D eigenvalue weighted by Gasteiger charge is 2.56. The molecule has 1 amide bonds. The molecule has 3 aliphatic rings. The van der Waals surface area contributed by atoms with Crippen LogP contribution in [0.4, 0.5) is 0 Å². The molecule has 3 fully saturated rings. The zero-order valence-electron chi connectivity index (χ0n) is 16.3. The quantitative estimate of drug-likeness (QED) is 0.772. The highest BCUT2D eigenvalue weighted by Crippen LogP contribution is 2.61. The number of fused-ring (bicyclic) bond motifs is 2. The number of rotatable bonds is 4. The van der Waals surface area contributed by atoms with Crippen LogP contribution in [0.3, 0.4) is 0 Å². The Morgan fingerprint density at radius 3 is 2.63 bits per heavy atom. The molecule has 5 heteroatoms. The summed E-state index contributed by atoms with van der Waals surface area (Å²) < 4.78 is 0. The average molecular weight is 383 g/mol. The Labute approximate surface area is 164 Å². The summed E-state index contributed by atoms with van der Waals surface area (Å²) in [7, 11) is 0. The maximum absolute atomic E-state index is 12.8. The Bertz CT molecular complexity index is 901. The van der Waals surface area contributed by atoms with Gasteiger partial charge in [-0.3, -0.25) is 9.59 Å². The topological polar surface area (TPSA) is 59.1 Å². The fourth-order valence-corrected chi connectivity index (χ4v) is 5.90. The summed E-state index contributed by atoms with van der Waals surface area (Å²) in [4.78, 5) is 29.2. The Hall–Kier alpha value is -2.01. The van der Waals surface area contributed by atoms with Gasteiger partial charge in [0.05, 0.1) is 0 Å². The predicted molar refractivity (Wildman–Crippen MR) is 108 cm³/mol. The molecule has 0 unspecified atom stereocenters. The molecular weight excluding hydrogens is 356 g/mol. The number of nitrogens with zero attached hydrogens (tertiary/aromatic N) is 1. The molecule has 4 nitrogen and oxygen atoms in total. The number of Topliss-reactive ketones (excluding diaryl/α,β-unsaturated/α-hetero) is 1. The Morgan fingerprint density at radius 2 is 1.96 bits per heavy atom. The molecule has 0 saturated heterocycles. The summed E-state index contributed by atoms with van der Waals surface area (Å²) in [5.74, 6) is 1.79. The van der Waals surface area contributed by atoms with Crippen LogP contribution in [0, 0.1) is 23.2 Å². The Morgan fingerprint density at radius 1 is 1.22 bits per heavy atom. The van der Waals surface area contributed by atoms with E-state index in [1.54, 1.807) is 18.4 Å². The summed E-state index contributed by atoms with van der Waals surface area (Å²) in [6.45, 7) is 8.54. The van der Waals surface area contributed by atoms with E-state index in [2.05, 4.69) is 31.1 Å². The molecule has 2 aromatic rings. The van der Waals surface area contributed by atoms with E-state index in [1.165, 1.54) is 17.8 Å². The van der Waals surface area contributed by atoms with Crippen molar-refractivity contribution < 1.29 is 9.59 Å². The van der Waals surface area contributed by atoms with Gasteiger partial charge in [0.15, 0.2) is 5.78 Å². The first kappa shape index (κ1) is 18.4. The number of amides is 1. The summed E-state index contributed by atoms with van der Waals surface area (Å²) in [6, 6.07) is 7.65. The van der Waals surface area contributed by atoms with Crippen molar-refractivity contribution in [2.75, 3.05) is 0 Å². The van der Waals surface area contributed by atoms with Gasteiger partial charge in [-0.2, -0.15) is 0 Å². The number of carbonyl (C=O) groups is 2. The van der Waals surface area contributed by atoms with Crippen molar-refractivity contribution in [3.8, 4) is 10.6 Å². The smallest absolute Gasteiger partial charge is 0.271 e. The van der Waals surface area contributed by atoms with Gasteiger partial charge in [-0.05, 0) is 42.9 Å². The van der Waals surface area contributed by atoms with Crippen LogP contribution in [0.15, 0.2) is 29.6 Å². The predicted octanol–water partition coefficient (Wildman–Crippen LogP) is 4.81. The van der Waals surface area contributed by atoms with Gasteiger partial charge in [-0.25, -0.2) is 4.98 Å². The van der Waals surface area contributed by atoms with Crippen molar-refractivity contribution in [2.24, 2.45) is 23.2 Å². The first-order valence-electron chi connectivity index (χ1n) is 9.65. The van der Waals surface area contributed by atoms with Crippen LogP contribution in [-0.2, 0) is 0 Å². The molecule has 1 N–H and O–H groups in total. The summed E-state index contributed by atoms with van der Waals surface area (Å²) in [5, 5.41) is 5.73. The first-order chi connectivity index (χ1) is 12.8. The Balaban J connectivity index is 1.50. The average Bonchev–Trinajstić information content (AvgIpc) is 3.13. The van der Waals surface area contributed by atoms with Crippen molar-refractivity contribution in [2.45, 2.75) is 46.6 Å². The molecule has 5 rings (SSSR count). The van der Waals surface area contributed by atoms with Crippen molar-refractivity contribution in [3.05, 3.63) is 40.9 Å². The van der Waals surface area contributed by atoms with E-state index in [1.807, 2.05) is 18.2 Å². The molecule has 3 saturated carbocycles. The van der Waals surface area contributed by atoms with Gasteiger partial charge in [-0.15, -0.1) is 11.3 Å². The van der Waals surface area contributed by atoms with E-state index >= 15 is 0 Å². The van der Waals surface area contributed by atoms with Crippen molar-refractivity contribution in [3.63, 3.8) is 0 Å². The van der Waals surface area contributed by atoms with Gasteiger partial charge >= 0.3 is 0 Å². The molecule has 2 bridgehead atoms. The van der Waals surface area contributed by atoms with Crippen LogP contribution in [-0.4, -0.2) is 22.7 Å². The fraction of sp³-hybridized carbons (Fsp3) is 0.500. The molecule has 0 spiro atoms. The summed E-state index contributed by atoms with van der Waals surface area (Å²) >= 11 is 1.41. The zero-order valence-corrected chi connectivity index (χ0v) is 17.1. The molecule has 0 aliphatic heterocycles. The lowest BCUT2D eigenvalue weighted by Crippen LogP contribution is -2.60. The number of hydrogen-bond acceptors (Lipinski definition) is 4. The maximum Gasteiger partial charge on any atom is 0.271 e. The number of aromatic nitrogens is 1. The van der Waals surface area contributed by atoms with Crippen LogP contribution in [0.2, 0.25) is 0 Å². The van der Waals surface area contributed by atoms with Gasteiger partial charge in [-0.1, -0.05) is 45.0 Å². The van der Waals surface area contributed by atoms with E-state index < -0.39 is 0 Å². The first-order valence-corrected chi connectivity index (χ1v) is 10.5. The lowest BCUT2D eigenvalue weighted by atomic mass is 9.45. The maximum atomic E-state index is 12.8. The van der Waals surface area contributed by atoms with E-state index in [9.17, 15) is 9.59 Å². The minimum absolute atomic E-state index is 0.00433. The number of carbonyl (C=O) groups excluding carboxylic acids is 2. The van der Waals surface area contributed by atoms with E-state index in [0.717, 1.165) is 12.0 Å². The second-order valence-electron chi connectivity index (χ2n) is 8.67. The summed E-state index contributed by atoms with van der Waals surface area (Å²) in [6.07, 6.45) is 2.35. The minimum Gasteiger partial charge on any atom is -0.348 e. The lowest BCUT2D eigenvalue weighted by molar-refractivity contribution is -0.113. The standard InChI is InChI=1S/C22H26N2O2S/c1-12-17-9-14(22(17,3)4)10-18(12)23-20(26)19-11-27-21(24-19)16-8-6-5-7-15(16)13(2)25/h5-8,11-12,14,17-18H,9-10H2,1-4H3,(H,23,26)/t12-,14+,17-,18-/m1/s1. The molecule has 4 atom stereocenters. The van der Waals surface area contributed by atoms with Crippen LogP contribution >= 0.6 is 11.3 Å². The lowest BCUT2D eigenvalue weighted by Gasteiger charge is -2.62. The van der Waals surface area contributed by atoms with Crippen molar-refractivity contribution >= 4 is 23.0 Å². The normalized spacial score (nSPS) is 28.3.